The number of aliphatic hydroxyl groups is 2. The molecule has 2 heterocycles. The number of carbonyl (C=O) groups is 1. The SMILES string of the molecule is COC(=O)[C@@]1(O)CCCCC/C=C\[C@H](O)[C@@H]2CC[C@H]2CN2C[C@@]3(CCCc4cc(Cl)ccc43)COc3ccc1cc32. The number of ether oxygens (including phenoxy) is 2. The number of hydrogen-bond donors (Lipinski definition) is 2. The van der Waals surface area contributed by atoms with E-state index in [2.05, 4.69) is 23.1 Å². The summed E-state index contributed by atoms with van der Waals surface area (Å²) in [6.45, 7) is 2.08. The fourth-order valence-electron chi connectivity index (χ4n) is 7.66. The summed E-state index contributed by atoms with van der Waals surface area (Å²) in [7, 11) is 1.33. The van der Waals surface area contributed by atoms with Crippen LogP contribution in [0.3, 0.4) is 0 Å². The molecule has 0 aromatic heterocycles. The molecule has 4 aliphatic rings. The van der Waals surface area contributed by atoms with Gasteiger partial charge in [0.05, 0.1) is 25.5 Å². The molecule has 2 aliphatic heterocycles. The Morgan fingerprint density at radius 2 is 1.98 bits per heavy atom. The summed E-state index contributed by atoms with van der Waals surface area (Å²) in [6.07, 6.45) is 12.4. The number of allylic oxidation sites excluding steroid dienone is 1. The molecule has 5 atom stereocenters. The van der Waals surface area contributed by atoms with Crippen LogP contribution in [0.25, 0.3) is 0 Å². The van der Waals surface area contributed by atoms with Crippen molar-refractivity contribution in [2.75, 3.05) is 31.7 Å². The van der Waals surface area contributed by atoms with Gasteiger partial charge in [0.15, 0.2) is 5.60 Å². The summed E-state index contributed by atoms with van der Waals surface area (Å²) in [6, 6.07) is 11.9. The molecule has 0 amide bonds. The van der Waals surface area contributed by atoms with Crippen LogP contribution in [0.15, 0.2) is 48.6 Å². The van der Waals surface area contributed by atoms with Crippen LogP contribution in [0.1, 0.15) is 74.5 Å². The van der Waals surface area contributed by atoms with Crippen LogP contribution < -0.4 is 9.64 Å². The van der Waals surface area contributed by atoms with Crippen LogP contribution in [0.4, 0.5) is 5.69 Å². The molecule has 220 valence electrons. The highest BCUT2D eigenvalue weighted by Crippen LogP contribution is 2.47. The number of anilines is 1. The van der Waals surface area contributed by atoms with E-state index in [1.807, 2.05) is 30.3 Å². The van der Waals surface area contributed by atoms with E-state index >= 15 is 0 Å². The van der Waals surface area contributed by atoms with Crippen molar-refractivity contribution < 1.29 is 24.5 Å². The van der Waals surface area contributed by atoms with Crippen molar-refractivity contribution in [2.24, 2.45) is 11.8 Å². The summed E-state index contributed by atoms with van der Waals surface area (Å²) in [5.41, 5.74) is 2.08. The average Bonchev–Trinajstić information content (AvgIpc) is 3.10. The van der Waals surface area contributed by atoms with Gasteiger partial charge in [0.25, 0.3) is 0 Å². The van der Waals surface area contributed by atoms with Gasteiger partial charge in [-0.25, -0.2) is 4.79 Å². The fourth-order valence-corrected chi connectivity index (χ4v) is 7.85. The summed E-state index contributed by atoms with van der Waals surface area (Å²) >= 11 is 6.41. The second kappa shape index (κ2) is 11.6. The van der Waals surface area contributed by atoms with Crippen molar-refractivity contribution in [1.82, 2.24) is 0 Å². The zero-order chi connectivity index (χ0) is 28.6. The molecule has 7 heteroatoms. The first-order valence-corrected chi connectivity index (χ1v) is 15.7. The van der Waals surface area contributed by atoms with E-state index in [0.29, 0.717) is 24.5 Å². The summed E-state index contributed by atoms with van der Waals surface area (Å²) in [5.74, 6) is 0.685. The van der Waals surface area contributed by atoms with Gasteiger partial charge >= 0.3 is 5.97 Å². The predicted octanol–water partition coefficient (Wildman–Crippen LogP) is 6.08. The number of methoxy groups -OCH3 is 1. The Kier molecular flexibility index (Phi) is 8.10. The van der Waals surface area contributed by atoms with Gasteiger partial charge in [0.2, 0.25) is 0 Å². The number of fused-ring (bicyclic) bond motifs is 4. The number of aliphatic hydroxyl groups excluding tert-OH is 1. The molecule has 2 N–H and O–H groups in total. The molecule has 41 heavy (non-hydrogen) atoms. The molecule has 0 unspecified atom stereocenters. The maximum Gasteiger partial charge on any atom is 0.342 e. The number of hydrogen-bond acceptors (Lipinski definition) is 6. The molecule has 0 saturated heterocycles. The van der Waals surface area contributed by atoms with Crippen LogP contribution in [0, 0.1) is 11.8 Å². The summed E-state index contributed by atoms with van der Waals surface area (Å²) in [5, 5.41) is 23.6. The highest BCUT2D eigenvalue weighted by Gasteiger charge is 2.45. The molecule has 2 aliphatic carbocycles. The minimum Gasteiger partial charge on any atom is -0.490 e. The fraction of sp³-hybridized carbons (Fsp3) is 0.559. The largest absolute Gasteiger partial charge is 0.490 e. The topological polar surface area (TPSA) is 79.2 Å². The van der Waals surface area contributed by atoms with Crippen LogP contribution in [0.5, 0.6) is 5.75 Å². The lowest BCUT2D eigenvalue weighted by molar-refractivity contribution is -0.164. The number of carbonyl (C=O) groups excluding carboxylic acids is 1. The van der Waals surface area contributed by atoms with Crippen molar-refractivity contribution in [1.29, 1.82) is 0 Å². The summed E-state index contributed by atoms with van der Waals surface area (Å²) < 4.78 is 11.7. The second-order valence-corrected chi connectivity index (χ2v) is 13.1. The van der Waals surface area contributed by atoms with Crippen molar-refractivity contribution in [3.05, 3.63) is 70.3 Å². The van der Waals surface area contributed by atoms with Gasteiger partial charge in [-0.1, -0.05) is 42.3 Å². The zero-order valence-corrected chi connectivity index (χ0v) is 24.7. The van der Waals surface area contributed by atoms with E-state index in [-0.39, 0.29) is 17.8 Å². The summed E-state index contributed by atoms with van der Waals surface area (Å²) in [4.78, 5) is 15.4. The van der Waals surface area contributed by atoms with Gasteiger partial charge in [-0.3, -0.25) is 0 Å². The third-order valence-electron chi connectivity index (χ3n) is 10.2. The first-order valence-electron chi connectivity index (χ1n) is 15.3. The molecule has 2 aromatic carbocycles. The lowest BCUT2D eigenvalue weighted by Crippen LogP contribution is -2.49. The predicted molar refractivity (Wildman–Crippen MR) is 161 cm³/mol. The second-order valence-electron chi connectivity index (χ2n) is 12.7. The number of rotatable bonds is 1. The smallest absolute Gasteiger partial charge is 0.342 e. The zero-order valence-electron chi connectivity index (χ0n) is 24.0. The highest BCUT2D eigenvalue weighted by molar-refractivity contribution is 6.30. The molecule has 2 aromatic rings. The molecule has 6 rings (SSSR count). The molecule has 0 radical (unpaired) electrons. The van der Waals surface area contributed by atoms with Crippen molar-refractivity contribution in [2.45, 2.75) is 81.3 Å². The molecule has 1 fully saturated rings. The van der Waals surface area contributed by atoms with Gasteiger partial charge < -0.3 is 24.6 Å². The van der Waals surface area contributed by atoms with Crippen LogP contribution in [-0.2, 0) is 27.0 Å². The average molecular weight is 580 g/mol. The van der Waals surface area contributed by atoms with Crippen molar-refractivity contribution >= 4 is 23.3 Å². The molecule has 1 spiro atoms. The first-order chi connectivity index (χ1) is 19.8. The van der Waals surface area contributed by atoms with Crippen molar-refractivity contribution in [3.63, 3.8) is 0 Å². The maximum absolute atomic E-state index is 13.0. The Morgan fingerprint density at radius 1 is 1.10 bits per heavy atom. The number of esters is 1. The Bertz CT molecular complexity index is 1310. The maximum atomic E-state index is 13.0. The van der Waals surface area contributed by atoms with Gasteiger partial charge in [0.1, 0.15) is 5.75 Å². The van der Waals surface area contributed by atoms with Gasteiger partial charge in [0, 0.05) is 23.5 Å². The van der Waals surface area contributed by atoms with E-state index < -0.39 is 17.7 Å². The standard InChI is InChI=1S/C34H42ClNO5/c1-40-32(38)34(39)17-6-4-2-3-5-9-30(37)27-13-10-24(27)20-36-21-33(22-41-31-15-11-25(34)19-29(31)36)16-7-8-23-18-26(35)12-14-28(23)33/h5,9,11-12,14-15,18-19,24,27,30,37,39H,2-4,6-8,10,13,16-17,20-22H2,1H3/b9-5-/t24-,27+,30-,33-,34+/m0/s1. The van der Waals surface area contributed by atoms with E-state index in [4.69, 9.17) is 21.1 Å². The normalized spacial score (nSPS) is 32.5. The van der Waals surface area contributed by atoms with Crippen LogP contribution >= 0.6 is 11.6 Å². The molecular weight excluding hydrogens is 538 g/mol. The number of benzene rings is 2. The molecular formula is C34H42ClNO5. The van der Waals surface area contributed by atoms with Crippen LogP contribution in [-0.4, -0.2) is 49.1 Å². The highest BCUT2D eigenvalue weighted by atomic mass is 35.5. The Labute approximate surface area is 248 Å². The molecule has 2 bridgehead atoms. The van der Waals surface area contributed by atoms with E-state index in [1.165, 1.54) is 18.2 Å². The lowest BCUT2D eigenvalue weighted by Gasteiger charge is -2.45. The van der Waals surface area contributed by atoms with Gasteiger partial charge in [-0.05, 0) is 111 Å². The number of nitrogens with zero attached hydrogens (tertiary/aromatic N) is 1. The lowest BCUT2D eigenvalue weighted by atomic mass is 9.68. The molecule has 6 nitrogen and oxygen atoms in total. The number of halogens is 1. The van der Waals surface area contributed by atoms with Crippen molar-refractivity contribution in [3.8, 4) is 5.75 Å². The Morgan fingerprint density at radius 3 is 2.78 bits per heavy atom. The van der Waals surface area contributed by atoms with E-state index in [9.17, 15) is 15.0 Å². The quantitative estimate of drug-likeness (QED) is 0.315. The Hall–Kier alpha value is -2.54. The van der Waals surface area contributed by atoms with Crippen LogP contribution in [0.2, 0.25) is 5.02 Å². The van der Waals surface area contributed by atoms with Gasteiger partial charge in [-0.15, -0.1) is 0 Å². The van der Waals surface area contributed by atoms with Gasteiger partial charge in [-0.2, -0.15) is 0 Å². The first kappa shape index (κ1) is 28.6. The third kappa shape index (κ3) is 5.39. The Balaban J connectivity index is 1.44. The third-order valence-corrected chi connectivity index (χ3v) is 10.4. The minimum atomic E-state index is -1.73. The molecule has 1 saturated carbocycles. The van der Waals surface area contributed by atoms with E-state index in [1.54, 1.807) is 0 Å². The monoisotopic (exact) mass is 579 g/mol. The minimum absolute atomic E-state index is 0.214. The van der Waals surface area contributed by atoms with E-state index in [0.717, 1.165) is 80.9 Å². The number of aryl methyl sites for hydroxylation is 1.